The van der Waals surface area contributed by atoms with Crippen molar-refractivity contribution in [3.8, 4) is 0 Å². The van der Waals surface area contributed by atoms with Crippen LogP contribution in [0.5, 0.6) is 0 Å². The van der Waals surface area contributed by atoms with Gasteiger partial charge in [-0.3, -0.25) is 4.99 Å². The normalized spacial score (nSPS) is 12.0. The maximum absolute atomic E-state index is 12.3. The Morgan fingerprint density at radius 2 is 1.58 bits per heavy atom. The Labute approximate surface area is 156 Å². The van der Waals surface area contributed by atoms with Crippen LogP contribution in [0.1, 0.15) is 16.7 Å². The van der Waals surface area contributed by atoms with Crippen LogP contribution in [0.2, 0.25) is 0 Å². The molecule has 140 valence electrons. The second kappa shape index (κ2) is 9.38. The Bertz CT molecular complexity index is 826. The summed E-state index contributed by atoms with van der Waals surface area (Å²) in [5.74, 6) is 0.632. The van der Waals surface area contributed by atoms with Gasteiger partial charge in [-0.25, -0.2) is 8.42 Å². The van der Waals surface area contributed by atoms with E-state index in [9.17, 15) is 8.42 Å². The second-order valence-corrected chi connectivity index (χ2v) is 8.41. The molecule has 0 aliphatic heterocycles. The summed E-state index contributed by atoms with van der Waals surface area (Å²) in [5.41, 5.74) is 3.79. The summed E-state index contributed by atoms with van der Waals surface area (Å²) in [6, 6.07) is 15.0. The third kappa shape index (κ3) is 6.19. The lowest BCUT2D eigenvalue weighted by Crippen LogP contribution is -2.40. The van der Waals surface area contributed by atoms with Crippen LogP contribution >= 0.6 is 0 Å². The summed E-state index contributed by atoms with van der Waals surface area (Å²) >= 11 is 0. The van der Waals surface area contributed by atoms with Gasteiger partial charge in [0.05, 0.1) is 10.6 Å². The number of nitrogens with one attached hydrogen (secondary N) is 2. The lowest BCUT2D eigenvalue weighted by Gasteiger charge is -2.12. The lowest BCUT2D eigenvalue weighted by atomic mass is 10.1. The minimum absolute atomic E-state index is 0.0226. The summed E-state index contributed by atoms with van der Waals surface area (Å²) < 4.78 is 24.5. The molecule has 0 radical (unpaired) electrons. The van der Waals surface area contributed by atoms with E-state index in [0.717, 1.165) is 13.0 Å². The highest BCUT2D eigenvalue weighted by atomic mass is 32.2. The number of nitrogens with zero attached hydrogens (tertiary/aromatic N) is 1. The van der Waals surface area contributed by atoms with Crippen LogP contribution in [0.15, 0.2) is 58.4 Å². The van der Waals surface area contributed by atoms with E-state index < -0.39 is 9.84 Å². The predicted octanol–water partition coefficient (Wildman–Crippen LogP) is 2.48. The molecule has 0 saturated carbocycles. The van der Waals surface area contributed by atoms with Gasteiger partial charge in [-0.1, -0.05) is 47.5 Å². The number of sulfone groups is 1. The van der Waals surface area contributed by atoms with Crippen molar-refractivity contribution in [2.24, 2.45) is 4.99 Å². The number of aliphatic imine (C=N–C) groups is 1. The fourth-order valence-corrected chi connectivity index (χ4v) is 3.99. The molecule has 0 amide bonds. The molecular weight excluding hydrogens is 346 g/mol. The van der Waals surface area contributed by atoms with E-state index in [0.29, 0.717) is 17.4 Å². The van der Waals surface area contributed by atoms with Crippen LogP contribution in [0.4, 0.5) is 0 Å². The van der Waals surface area contributed by atoms with Crippen LogP contribution in [0, 0.1) is 13.8 Å². The van der Waals surface area contributed by atoms with Gasteiger partial charge in [0.15, 0.2) is 15.8 Å². The smallest absolute Gasteiger partial charge is 0.191 e. The Morgan fingerprint density at radius 1 is 0.962 bits per heavy atom. The summed E-state index contributed by atoms with van der Waals surface area (Å²) in [6.07, 6.45) is 0.880. The quantitative estimate of drug-likeness (QED) is 0.578. The Balaban J connectivity index is 1.79. The molecule has 0 spiro atoms. The SMILES string of the molecule is CN=C(NCCc1cc(C)cc(C)c1)NCCS(=O)(=O)c1ccccc1. The van der Waals surface area contributed by atoms with E-state index in [2.05, 4.69) is 47.7 Å². The van der Waals surface area contributed by atoms with Crippen LogP contribution < -0.4 is 10.6 Å². The summed E-state index contributed by atoms with van der Waals surface area (Å²) in [7, 11) is -1.60. The van der Waals surface area contributed by atoms with Gasteiger partial charge in [0.25, 0.3) is 0 Å². The minimum Gasteiger partial charge on any atom is -0.356 e. The van der Waals surface area contributed by atoms with Gasteiger partial charge in [0.1, 0.15) is 0 Å². The lowest BCUT2D eigenvalue weighted by molar-refractivity contribution is 0.594. The molecule has 26 heavy (non-hydrogen) atoms. The van der Waals surface area contributed by atoms with Crippen molar-refractivity contribution >= 4 is 15.8 Å². The molecule has 2 aromatic rings. The maximum Gasteiger partial charge on any atom is 0.191 e. The second-order valence-electron chi connectivity index (χ2n) is 6.30. The van der Waals surface area contributed by atoms with Gasteiger partial charge in [-0.05, 0) is 38.0 Å². The van der Waals surface area contributed by atoms with Crippen LogP contribution in [-0.2, 0) is 16.3 Å². The molecule has 0 saturated heterocycles. The molecule has 2 aromatic carbocycles. The fraction of sp³-hybridized carbons (Fsp3) is 0.350. The number of benzene rings is 2. The molecular formula is C20H27N3O2S. The molecule has 0 atom stereocenters. The third-order valence-electron chi connectivity index (χ3n) is 3.98. The molecule has 2 N–H and O–H groups in total. The number of guanidine groups is 1. The first-order chi connectivity index (χ1) is 12.4. The van der Waals surface area contributed by atoms with Crippen molar-refractivity contribution in [3.05, 3.63) is 65.2 Å². The van der Waals surface area contributed by atoms with Gasteiger partial charge in [0.2, 0.25) is 0 Å². The van der Waals surface area contributed by atoms with Gasteiger partial charge in [-0.2, -0.15) is 0 Å². The first-order valence-electron chi connectivity index (χ1n) is 8.70. The zero-order chi connectivity index (χ0) is 19.0. The molecule has 2 rings (SSSR count). The summed E-state index contributed by atoms with van der Waals surface area (Å²) in [4.78, 5) is 4.49. The van der Waals surface area contributed by atoms with Gasteiger partial charge in [-0.15, -0.1) is 0 Å². The number of hydrogen-bond acceptors (Lipinski definition) is 3. The Morgan fingerprint density at radius 3 is 2.19 bits per heavy atom. The largest absolute Gasteiger partial charge is 0.356 e. The predicted molar refractivity (Wildman–Crippen MR) is 107 cm³/mol. The maximum atomic E-state index is 12.3. The van der Waals surface area contributed by atoms with Gasteiger partial charge < -0.3 is 10.6 Å². The molecule has 0 unspecified atom stereocenters. The minimum atomic E-state index is -3.28. The topological polar surface area (TPSA) is 70.6 Å². The van der Waals surface area contributed by atoms with Crippen molar-refractivity contribution < 1.29 is 8.42 Å². The van der Waals surface area contributed by atoms with E-state index in [1.165, 1.54) is 16.7 Å². The van der Waals surface area contributed by atoms with Crippen molar-refractivity contribution in [1.29, 1.82) is 0 Å². The molecule has 0 aromatic heterocycles. The molecule has 6 heteroatoms. The average molecular weight is 374 g/mol. The van der Waals surface area contributed by atoms with Gasteiger partial charge in [0, 0.05) is 20.1 Å². The highest BCUT2D eigenvalue weighted by Crippen LogP contribution is 2.10. The highest BCUT2D eigenvalue weighted by molar-refractivity contribution is 7.91. The zero-order valence-electron chi connectivity index (χ0n) is 15.6. The van der Waals surface area contributed by atoms with E-state index in [1.54, 1.807) is 37.4 Å². The van der Waals surface area contributed by atoms with E-state index >= 15 is 0 Å². The molecule has 0 aliphatic rings. The number of hydrogen-bond donors (Lipinski definition) is 2. The molecule has 5 nitrogen and oxygen atoms in total. The van der Waals surface area contributed by atoms with Crippen LogP contribution in [0.3, 0.4) is 0 Å². The van der Waals surface area contributed by atoms with Crippen molar-refractivity contribution in [2.75, 3.05) is 25.9 Å². The molecule has 0 bridgehead atoms. The van der Waals surface area contributed by atoms with Crippen molar-refractivity contribution in [3.63, 3.8) is 0 Å². The molecule has 0 heterocycles. The number of rotatable bonds is 7. The molecule has 0 aliphatic carbocycles. The van der Waals surface area contributed by atoms with E-state index in [1.807, 2.05) is 0 Å². The zero-order valence-corrected chi connectivity index (χ0v) is 16.4. The number of aryl methyl sites for hydroxylation is 2. The average Bonchev–Trinajstić information content (AvgIpc) is 2.60. The Kier molecular flexibility index (Phi) is 7.21. The molecule has 0 fully saturated rings. The monoisotopic (exact) mass is 373 g/mol. The van der Waals surface area contributed by atoms with Crippen molar-refractivity contribution in [1.82, 2.24) is 10.6 Å². The first-order valence-corrected chi connectivity index (χ1v) is 10.4. The van der Waals surface area contributed by atoms with Crippen LogP contribution in [0.25, 0.3) is 0 Å². The van der Waals surface area contributed by atoms with Gasteiger partial charge >= 0.3 is 0 Å². The van der Waals surface area contributed by atoms with Crippen LogP contribution in [-0.4, -0.2) is 40.3 Å². The highest BCUT2D eigenvalue weighted by Gasteiger charge is 2.13. The van der Waals surface area contributed by atoms with E-state index in [-0.39, 0.29) is 5.75 Å². The first kappa shape index (κ1) is 20.0. The van der Waals surface area contributed by atoms with Crippen molar-refractivity contribution in [2.45, 2.75) is 25.2 Å². The summed E-state index contributed by atoms with van der Waals surface area (Å²) in [5, 5.41) is 6.29. The Hall–Kier alpha value is -2.34. The summed E-state index contributed by atoms with van der Waals surface area (Å²) in [6.45, 7) is 5.23. The standard InChI is InChI=1S/C20H27N3O2S/c1-16-13-17(2)15-18(14-16)9-10-22-20(21-3)23-11-12-26(24,25)19-7-5-4-6-8-19/h4-8,13-15H,9-12H2,1-3H3,(H2,21,22,23). The fourth-order valence-electron chi connectivity index (χ4n) is 2.81. The van der Waals surface area contributed by atoms with E-state index in [4.69, 9.17) is 0 Å². The third-order valence-corrected chi connectivity index (χ3v) is 5.71.